The second-order valence-corrected chi connectivity index (χ2v) is 5.57. The van der Waals surface area contributed by atoms with Crippen LogP contribution in [0.4, 0.5) is 13.2 Å². The van der Waals surface area contributed by atoms with Gasteiger partial charge in [-0.1, -0.05) is 6.07 Å². The number of fused-ring (bicyclic) bond motifs is 1. The first-order valence-corrected chi connectivity index (χ1v) is 7.05. The summed E-state index contributed by atoms with van der Waals surface area (Å²) in [6, 6.07) is 2.11. The first kappa shape index (κ1) is 15.0. The maximum atomic E-state index is 13.7. The van der Waals surface area contributed by atoms with Crippen molar-refractivity contribution in [3.8, 4) is 0 Å². The second kappa shape index (κ2) is 5.69. The average molecular weight is 327 g/mol. The van der Waals surface area contributed by atoms with E-state index in [0.29, 0.717) is 18.5 Å². The van der Waals surface area contributed by atoms with Gasteiger partial charge in [0.1, 0.15) is 0 Å². The third kappa shape index (κ3) is 2.71. The van der Waals surface area contributed by atoms with E-state index in [1.165, 1.54) is 6.07 Å². The highest BCUT2D eigenvalue weighted by Gasteiger charge is 2.22. The zero-order chi connectivity index (χ0) is 15.9. The van der Waals surface area contributed by atoms with Crippen molar-refractivity contribution < 1.29 is 13.2 Å². The molecule has 0 bridgehead atoms. The van der Waals surface area contributed by atoms with Crippen molar-refractivity contribution in [2.24, 2.45) is 0 Å². The fraction of sp³-hybridized carbons (Fsp3) is 0.286. The van der Waals surface area contributed by atoms with Crippen LogP contribution in [0.1, 0.15) is 16.8 Å². The van der Waals surface area contributed by atoms with Gasteiger partial charge in [0.15, 0.2) is 22.2 Å². The van der Waals surface area contributed by atoms with Crippen molar-refractivity contribution >= 4 is 12.2 Å². The van der Waals surface area contributed by atoms with Crippen molar-refractivity contribution in [2.75, 3.05) is 6.54 Å². The van der Waals surface area contributed by atoms with Crippen LogP contribution in [0.2, 0.25) is 0 Å². The number of H-pyrrole nitrogens is 2. The Morgan fingerprint density at radius 2 is 1.95 bits per heavy atom. The SMILES string of the molecule is O=c1[nH]c(=S)[nH]c2c1CN(Cc1ccc(F)c(F)c1F)CC2. The highest BCUT2D eigenvalue weighted by atomic mass is 32.1. The third-order valence-corrected chi connectivity index (χ3v) is 3.90. The minimum Gasteiger partial charge on any atom is -0.335 e. The van der Waals surface area contributed by atoms with Gasteiger partial charge in [-0.15, -0.1) is 0 Å². The normalized spacial score (nSPS) is 14.9. The molecule has 8 heteroatoms. The van der Waals surface area contributed by atoms with Crippen LogP contribution >= 0.6 is 12.2 Å². The Morgan fingerprint density at radius 3 is 2.73 bits per heavy atom. The maximum Gasteiger partial charge on any atom is 0.256 e. The predicted octanol–water partition coefficient (Wildman–Crippen LogP) is 2.41. The summed E-state index contributed by atoms with van der Waals surface area (Å²) >= 11 is 4.91. The summed E-state index contributed by atoms with van der Waals surface area (Å²) < 4.78 is 40.2. The van der Waals surface area contributed by atoms with E-state index in [1.54, 1.807) is 4.90 Å². The molecule has 0 unspecified atom stereocenters. The number of hydrogen-bond donors (Lipinski definition) is 2. The van der Waals surface area contributed by atoms with E-state index in [1.807, 2.05) is 0 Å². The summed E-state index contributed by atoms with van der Waals surface area (Å²) in [4.78, 5) is 19.1. The molecule has 0 spiro atoms. The van der Waals surface area contributed by atoms with E-state index >= 15 is 0 Å². The van der Waals surface area contributed by atoms with Gasteiger partial charge in [-0.2, -0.15) is 0 Å². The molecule has 0 atom stereocenters. The molecule has 22 heavy (non-hydrogen) atoms. The Kier molecular flexibility index (Phi) is 3.88. The van der Waals surface area contributed by atoms with Crippen LogP contribution in [0.5, 0.6) is 0 Å². The lowest BCUT2D eigenvalue weighted by molar-refractivity contribution is 0.237. The summed E-state index contributed by atoms with van der Waals surface area (Å²) in [5, 5.41) is 0. The molecule has 0 aliphatic carbocycles. The molecule has 116 valence electrons. The van der Waals surface area contributed by atoms with Crippen LogP contribution in [0, 0.1) is 22.2 Å². The monoisotopic (exact) mass is 327 g/mol. The molecule has 0 saturated heterocycles. The number of nitrogens with zero attached hydrogens (tertiary/aromatic N) is 1. The zero-order valence-electron chi connectivity index (χ0n) is 11.4. The van der Waals surface area contributed by atoms with E-state index in [2.05, 4.69) is 9.97 Å². The molecule has 0 amide bonds. The number of hydrogen-bond acceptors (Lipinski definition) is 3. The van der Waals surface area contributed by atoms with Gasteiger partial charge in [0.05, 0.1) is 5.56 Å². The molecule has 1 aliphatic heterocycles. The Bertz CT molecular complexity index is 846. The van der Waals surface area contributed by atoms with Crippen molar-refractivity contribution in [1.82, 2.24) is 14.9 Å². The van der Waals surface area contributed by atoms with Crippen molar-refractivity contribution in [1.29, 1.82) is 0 Å². The molecule has 2 heterocycles. The molecule has 2 aromatic rings. The molecule has 1 aromatic heterocycles. The molecule has 0 fully saturated rings. The number of nitrogens with one attached hydrogen (secondary N) is 2. The second-order valence-electron chi connectivity index (χ2n) is 5.16. The summed E-state index contributed by atoms with van der Waals surface area (Å²) in [5.41, 5.74) is 1.07. The van der Waals surface area contributed by atoms with Crippen LogP contribution in [0.25, 0.3) is 0 Å². The van der Waals surface area contributed by atoms with Crippen LogP contribution < -0.4 is 5.56 Å². The van der Waals surface area contributed by atoms with Crippen LogP contribution in [-0.2, 0) is 19.5 Å². The summed E-state index contributed by atoms with van der Waals surface area (Å²) in [7, 11) is 0. The van der Waals surface area contributed by atoms with Crippen LogP contribution in [0.3, 0.4) is 0 Å². The molecule has 4 nitrogen and oxygen atoms in total. The van der Waals surface area contributed by atoms with Gasteiger partial charge in [-0.05, 0) is 18.3 Å². The number of aromatic nitrogens is 2. The van der Waals surface area contributed by atoms with Crippen LogP contribution in [-0.4, -0.2) is 21.4 Å². The standard InChI is InChI=1S/C14H12F3N3OS/c15-9-2-1-7(11(16)12(9)17)5-20-4-3-10-8(6-20)13(21)19-14(22)18-10/h1-2H,3-6H2,(H2,18,19,21,22). The number of halogens is 3. The van der Waals surface area contributed by atoms with Crippen molar-refractivity contribution in [3.05, 3.63) is 61.5 Å². The summed E-state index contributed by atoms with van der Waals surface area (Å²) in [6.45, 7) is 0.937. The Balaban J connectivity index is 1.86. The summed E-state index contributed by atoms with van der Waals surface area (Å²) in [6.07, 6.45) is 0.550. The maximum absolute atomic E-state index is 13.7. The minimum absolute atomic E-state index is 0.0580. The number of benzene rings is 1. The van der Waals surface area contributed by atoms with E-state index in [0.717, 1.165) is 11.8 Å². The van der Waals surface area contributed by atoms with E-state index in [-0.39, 0.29) is 29.0 Å². The quantitative estimate of drug-likeness (QED) is 0.658. The first-order valence-electron chi connectivity index (χ1n) is 6.65. The lowest BCUT2D eigenvalue weighted by Gasteiger charge is -2.27. The number of aromatic amines is 2. The Morgan fingerprint density at radius 1 is 1.18 bits per heavy atom. The van der Waals surface area contributed by atoms with Crippen LogP contribution in [0.15, 0.2) is 16.9 Å². The van der Waals surface area contributed by atoms with Gasteiger partial charge in [0, 0.05) is 37.3 Å². The Labute approximate surface area is 128 Å². The molecule has 0 saturated carbocycles. The minimum atomic E-state index is -1.48. The molecule has 3 rings (SSSR count). The molecule has 1 aromatic carbocycles. The van der Waals surface area contributed by atoms with Gasteiger partial charge < -0.3 is 4.98 Å². The first-order chi connectivity index (χ1) is 10.5. The van der Waals surface area contributed by atoms with E-state index in [4.69, 9.17) is 12.2 Å². The fourth-order valence-electron chi connectivity index (χ4n) is 2.58. The van der Waals surface area contributed by atoms with E-state index < -0.39 is 17.5 Å². The molecule has 2 N–H and O–H groups in total. The van der Waals surface area contributed by atoms with Crippen molar-refractivity contribution in [2.45, 2.75) is 19.5 Å². The van der Waals surface area contributed by atoms with Gasteiger partial charge in [-0.3, -0.25) is 14.7 Å². The predicted molar refractivity (Wildman–Crippen MR) is 76.4 cm³/mol. The third-order valence-electron chi connectivity index (χ3n) is 3.70. The van der Waals surface area contributed by atoms with Gasteiger partial charge in [0.2, 0.25) is 0 Å². The van der Waals surface area contributed by atoms with Gasteiger partial charge >= 0.3 is 0 Å². The lowest BCUT2D eigenvalue weighted by atomic mass is 10.1. The highest BCUT2D eigenvalue weighted by molar-refractivity contribution is 7.71. The largest absolute Gasteiger partial charge is 0.335 e. The highest BCUT2D eigenvalue weighted by Crippen LogP contribution is 2.20. The average Bonchev–Trinajstić information content (AvgIpc) is 2.48. The summed E-state index contributed by atoms with van der Waals surface area (Å²) in [5.74, 6) is -3.88. The van der Waals surface area contributed by atoms with Gasteiger partial charge in [0.25, 0.3) is 5.56 Å². The smallest absolute Gasteiger partial charge is 0.256 e. The molecule has 0 radical (unpaired) electrons. The van der Waals surface area contributed by atoms with Gasteiger partial charge in [-0.25, -0.2) is 13.2 Å². The molecule has 1 aliphatic rings. The van der Waals surface area contributed by atoms with Crippen molar-refractivity contribution in [3.63, 3.8) is 0 Å². The zero-order valence-corrected chi connectivity index (χ0v) is 12.2. The molecular formula is C14H12F3N3OS. The Hall–Kier alpha value is -1.93. The lowest BCUT2D eigenvalue weighted by Crippen LogP contribution is -2.35. The fourth-order valence-corrected chi connectivity index (χ4v) is 2.79. The van der Waals surface area contributed by atoms with E-state index in [9.17, 15) is 18.0 Å². The topological polar surface area (TPSA) is 51.9 Å². The number of rotatable bonds is 2. The molecular weight excluding hydrogens is 315 g/mol.